The third-order valence-corrected chi connectivity index (χ3v) is 3.89. The van der Waals surface area contributed by atoms with E-state index in [0.717, 1.165) is 12.8 Å². The molecule has 1 aromatic carbocycles. The fraction of sp³-hybridized carbons (Fsp3) is 0.400. The summed E-state index contributed by atoms with van der Waals surface area (Å²) in [4.78, 5) is 12.0. The molecule has 1 aromatic rings. The Kier molecular flexibility index (Phi) is 2.92. The number of ether oxygens (including phenoxy) is 1. The third kappa shape index (κ3) is 1.95. The molecule has 4 atom stereocenters. The fourth-order valence-corrected chi connectivity index (χ4v) is 2.84. The van der Waals surface area contributed by atoms with Gasteiger partial charge in [0.2, 0.25) is 0 Å². The summed E-state index contributed by atoms with van der Waals surface area (Å²) in [6.07, 6.45) is 5.16. The molecule has 0 aromatic heterocycles. The van der Waals surface area contributed by atoms with Crippen LogP contribution >= 0.6 is 0 Å². The zero-order valence-corrected chi connectivity index (χ0v) is 10.0. The standard InChI is InChI=1S/C15H16O3/c16-13-10-6-8-11(9-7-10)14(13)18-15(17)12-4-2-1-3-5-12/h1-6,8,10-11,13-14,16H,7,9H2. The Labute approximate surface area is 106 Å². The average molecular weight is 244 g/mol. The number of fused-ring (bicyclic) bond motifs is 2. The van der Waals surface area contributed by atoms with E-state index < -0.39 is 6.10 Å². The summed E-state index contributed by atoms with van der Waals surface area (Å²) in [7, 11) is 0. The number of benzene rings is 1. The number of carbonyl (C=O) groups is 1. The molecule has 3 heteroatoms. The van der Waals surface area contributed by atoms with Gasteiger partial charge in [0.1, 0.15) is 6.10 Å². The summed E-state index contributed by atoms with van der Waals surface area (Å²) >= 11 is 0. The normalized spacial score (nSPS) is 33.4. The van der Waals surface area contributed by atoms with Crippen molar-refractivity contribution in [3.63, 3.8) is 0 Å². The molecular weight excluding hydrogens is 228 g/mol. The fourth-order valence-electron chi connectivity index (χ4n) is 2.84. The van der Waals surface area contributed by atoms with Crippen molar-refractivity contribution in [2.75, 3.05) is 0 Å². The molecule has 1 N–H and O–H groups in total. The molecule has 0 radical (unpaired) electrons. The summed E-state index contributed by atoms with van der Waals surface area (Å²) in [5.41, 5.74) is 0.537. The van der Waals surface area contributed by atoms with Gasteiger partial charge in [-0.15, -0.1) is 0 Å². The van der Waals surface area contributed by atoms with Gasteiger partial charge in [-0.2, -0.15) is 0 Å². The van der Waals surface area contributed by atoms with Gasteiger partial charge < -0.3 is 9.84 Å². The molecule has 0 saturated heterocycles. The van der Waals surface area contributed by atoms with Crippen LogP contribution in [0, 0.1) is 11.8 Å². The highest BCUT2D eigenvalue weighted by Crippen LogP contribution is 2.38. The Balaban J connectivity index is 1.74. The quantitative estimate of drug-likeness (QED) is 0.640. The highest BCUT2D eigenvalue weighted by atomic mass is 16.6. The number of aliphatic hydroxyl groups is 1. The first kappa shape index (κ1) is 11.5. The van der Waals surface area contributed by atoms with E-state index in [-0.39, 0.29) is 23.9 Å². The second kappa shape index (κ2) is 4.58. The maximum absolute atomic E-state index is 12.0. The molecule has 3 nitrogen and oxygen atoms in total. The minimum atomic E-state index is -0.554. The first-order valence-electron chi connectivity index (χ1n) is 6.38. The molecule has 94 valence electrons. The van der Waals surface area contributed by atoms with Crippen molar-refractivity contribution in [2.24, 2.45) is 11.8 Å². The lowest BCUT2D eigenvalue weighted by Gasteiger charge is -2.41. The van der Waals surface area contributed by atoms with Gasteiger partial charge >= 0.3 is 5.97 Å². The average Bonchev–Trinajstić information content (AvgIpc) is 2.44. The lowest BCUT2D eigenvalue weighted by atomic mass is 9.72. The summed E-state index contributed by atoms with van der Waals surface area (Å²) in [6, 6.07) is 8.92. The predicted octanol–water partition coefficient (Wildman–Crippen LogP) is 2.17. The van der Waals surface area contributed by atoms with E-state index in [2.05, 4.69) is 6.08 Å². The minimum Gasteiger partial charge on any atom is -0.455 e. The molecule has 0 aliphatic heterocycles. The van der Waals surface area contributed by atoms with Gasteiger partial charge in [0.05, 0.1) is 11.7 Å². The number of carbonyl (C=O) groups excluding carboxylic acids is 1. The van der Waals surface area contributed by atoms with Crippen molar-refractivity contribution < 1.29 is 14.6 Å². The zero-order chi connectivity index (χ0) is 12.5. The van der Waals surface area contributed by atoms with E-state index in [1.165, 1.54) is 0 Å². The SMILES string of the molecule is O=C(OC1C2C=CC(CC2)C1O)c1ccccc1. The van der Waals surface area contributed by atoms with Crippen molar-refractivity contribution >= 4 is 5.97 Å². The van der Waals surface area contributed by atoms with Crippen LogP contribution in [-0.2, 0) is 4.74 Å². The lowest BCUT2D eigenvalue weighted by Crippen LogP contribution is -2.47. The zero-order valence-electron chi connectivity index (χ0n) is 10.0. The van der Waals surface area contributed by atoms with Gasteiger partial charge in [0, 0.05) is 11.8 Å². The Morgan fingerprint density at radius 2 is 1.78 bits per heavy atom. The lowest BCUT2D eigenvalue weighted by molar-refractivity contribution is -0.0753. The van der Waals surface area contributed by atoms with Crippen LogP contribution < -0.4 is 0 Å². The number of rotatable bonds is 2. The van der Waals surface area contributed by atoms with Crippen LogP contribution in [0.5, 0.6) is 0 Å². The van der Waals surface area contributed by atoms with Crippen molar-refractivity contribution in [1.82, 2.24) is 0 Å². The molecular formula is C15H16O3. The van der Waals surface area contributed by atoms with Gasteiger partial charge in [0.15, 0.2) is 0 Å². The third-order valence-electron chi connectivity index (χ3n) is 3.89. The van der Waals surface area contributed by atoms with Crippen molar-refractivity contribution in [3.8, 4) is 0 Å². The molecule has 1 fully saturated rings. The van der Waals surface area contributed by atoms with E-state index in [1.807, 2.05) is 12.1 Å². The topological polar surface area (TPSA) is 46.5 Å². The van der Waals surface area contributed by atoms with Gasteiger partial charge in [-0.3, -0.25) is 0 Å². The van der Waals surface area contributed by atoms with E-state index in [0.29, 0.717) is 5.56 Å². The number of esters is 1. The first-order valence-corrected chi connectivity index (χ1v) is 6.38. The number of aliphatic hydroxyl groups excluding tert-OH is 1. The van der Waals surface area contributed by atoms with Gasteiger partial charge in [-0.1, -0.05) is 30.4 Å². The largest absolute Gasteiger partial charge is 0.455 e. The first-order chi connectivity index (χ1) is 8.75. The Hall–Kier alpha value is -1.61. The van der Waals surface area contributed by atoms with E-state index in [9.17, 15) is 9.90 Å². The van der Waals surface area contributed by atoms with Crippen LogP contribution in [-0.4, -0.2) is 23.3 Å². The van der Waals surface area contributed by atoms with E-state index >= 15 is 0 Å². The molecule has 0 amide bonds. The van der Waals surface area contributed by atoms with Crippen LogP contribution in [0.2, 0.25) is 0 Å². The van der Waals surface area contributed by atoms with Crippen LogP contribution in [0.4, 0.5) is 0 Å². The highest BCUT2D eigenvalue weighted by molar-refractivity contribution is 5.89. The summed E-state index contributed by atoms with van der Waals surface area (Å²) < 4.78 is 5.48. The Morgan fingerprint density at radius 1 is 1.11 bits per heavy atom. The van der Waals surface area contributed by atoms with Crippen molar-refractivity contribution in [3.05, 3.63) is 48.0 Å². The summed E-state index contributed by atoms with van der Waals surface area (Å²) in [5.74, 6) is -0.0400. The minimum absolute atomic E-state index is 0.142. The van der Waals surface area contributed by atoms with Gasteiger partial charge in [0.25, 0.3) is 0 Å². The number of hydrogen-bond donors (Lipinski definition) is 1. The second-order valence-electron chi connectivity index (χ2n) is 5.02. The van der Waals surface area contributed by atoms with Crippen LogP contribution in [0.1, 0.15) is 23.2 Å². The highest BCUT2D eigenvalue weighted by Gasteiger charge is 2.42. The maximum atomic E-state index is 12.0. The van der Waals surface area contributed by atoms with Gasteiger partial charge in [-0.25, -0.2) is 4.79 Å². The monoisotopic (exact) mass is 244 g/mol. The predicted molar refractivity (Wildman–Crippen MR) is 67.0 cm³/mol. The molecule has 4 rings (SSSR count). The molecule has 0 heterocycles. The van der Waals surface area contributed by atoms with Crippen molar-refractivity contribution in [1.29, 1.82) is 0 Å². The summed E-state index contributed by atoms with van der Waals surface area (Å²) in [6.45, 7) is 0. The molecule has 0 spiro atoms. The second-order valence-corrected chi connectivity index (χ2v) is 5.02. The van der Waals surface area contributed by atoms with Crippen LogP contribution in [0.25, 0.3) is 0 Å². The Bertz CT molecular complexity index is 466. The maximum Gasteiger partial charge on any atom is 0.338 e. The molecule has 2 bridgehead atoms. The molecule has 4 unspecified atom stereocenters. The molecule has 1 saturated carbocycles. The summed E-state index contributed by atoms with van der Waals surface area (Å²) in [5, 5.41) is 10.1. The smallest absolute Gasteiger partial charge is 0.338 e. The van der Waals surface area contributed by atoms with Gasteiger partial charge in [-0.05, 0) is 25.0 Å². The molecule has 18 heavy (non-hydrogen) atoms. The van der Waals surface area contributed by atoms with Crippen LogP contribution in [0.3, 0.4) is 0 Å². The molecule has 3 aliphatic rings. The van der Waals surface area contributed by atoms with E-state index in [1.54, 1.807) is 24.3 Å². The van der Waals surface area contributed by atoms with Crippen molar-refractivity contribution in [2.45, 2.75) is 25.0 Å². The number of hydrogen-bond acceptors (Lipinski definition) is 3. The van der Waals surface area contributed by atoms with E-state index in [4.69, 9.17) is 4.74 Å². The molecule has 3 aliphatic carbocycles. The van der Waals surface area contributed by atoms with Crippen LogP contribution in [0.15, 0.2) is 42.5 Å². The Morgan fingerprint density at radius 3 is 2.39 bits per heavy atom.